The van der Waals surface area contributed by atoms with Crippen LogP contribution in [-0.2, 0) is 34.2 Å². The molecule has 3 rings (SSSR count). The quantitative estimate of drug-likeness (QED) is 0.242. The minimum absolute atomic E-state index is 0.131. The van der Waals surface area contributed by atoms with Gasteiger partial charge >= 0.3 is 5.97 Å². The smallest absolute Gasteiger partial charge is 0.307 e. The van der Waals surface area contributed by atoms with Gasteiger partial charge in [0.2, 0.25) is 10.0 Å². The van der Waals surface area contributed by atoms with Crippen molar-refractivity contribution >= 4 is 31.7 Å². The monoisotopic (exact) mass is 554 g/mol. The number of hydroxylamine groups is 1. The van der Waals surface area contributed by atoms with Crippen molar-refractivity contribution in [2.75, 3.05) is 19.4 Å². The lowest BCUT2D eigenvalue weighted by molar-refractivity contribution is -0.145. The van der Waals surface area contributed by atoms with Gasteiger partial charge in [0.1, 0.15) is 17.0 Å². The first-order valence-corrected chi connectivity index (χ1v) is 15.0. The Hall–Kier alpha value is -3.00. The van der Waals surface area contributed by atoms with Crippen LogP contribution in [0.4, 0.5) is 0 Å². The van der Waals surface area contributed by atoms with Crippen molar-refractivity contribution in [3.63, 3.8) is 0 Å². The molecule has 0 unspecified atom stereocenters. The number of hydrogen-bond acceptors (Lipinski definition) is 9. The molecule has 0 atom stereocenters. The fourth-order valence-electron chi connectivity index (χ4n) is 4.34. The zero-order valence-corrected chi connectivity index (χ0v) is 22.2. The third kappa shape index (κ3) is 6.47. The third-order valence-corrected chi connectivity index (χ3v) is 9.26. The summed E-state index contributed by atoms with van der Waals surface area (Å²) in [5.41, 5.74) is 0.0503. The molecule has 11 nitrogen and oxygen atoms in total. The first-order valence-electron chi connectivity index (χ1n) is 11.6. The second-order valence-electron chi connectivity index (χ2n) is 8.63. The molecule has 2 aromatic rings. The van der Waals surface area contributed by atoms with E-state index in [1.807, 2.05) is 0 Å². The van der Waals surface area contributed by atoms with E-state index in [2.05, 4.69) is 0 Å². The highest BCUT2D eigenvalue weighted by Crippen LogP contribution is 2.39. The number of rotatable bonds is 11. The van der Waals surface area contributed by atoms with E-state index in [4.69, 9.17) is 9.47 Å². The van der Waals surface area contributed by atoms with E-state index >= 15 is 0 Å². The lowest BCUT2D eigenvalue weighted by atomic mass is 9.96. The molecule has 1 fully saturated rings. The van der Waals surface area contributed by atoms with Gasteiger partial charge in [-0.1, -0.05) is 12.8 Å². The van der Waals surface area contributed by atoms with Crippen LogP contribution in [-0.4, -0.2) is 63.2 Å². The fourth-order valence-corrected chi connectivity index (χ4v) is 6.76. The molecule has 0 saturated heterocycles. The fraction of sp³-hybridized carbons (Fsp3) is 0.417. The Bertz CT molecular complexity index is 1320. The van der Waals surface area contributed by atoms with Crippen molar-refractivity contribution in [3.05, 3.63) is 48.5 Å². The predicted octanol–water partition coefficient (Wildman–Crippen LogP) is 2.64. The summed E-state index contributed by atoms with van der Waals surface area (Å²) in [7, 11) is -7.65. The maximum absolute atomic E-state index is 13.7. The summed E-state index contributed by atoms with van der Waals surface area (Å²) in [5, 5.41) is 9.38. The van der Waals surface area contributed by atoms with E-state index in [1.54, 1.807) is 12.4 Å². The van der Waals surface area contributed by atoms with Crippen LogP contribution in [0.15, 0.2) is 58.3 Å². The van der Waals surface area contributed by atoms with E-state index in [-0.39, 0.29) is 42.2 Å². The molecule has 1 amide bonds. The van der Waals surface area contributed by atoms with E-state index < -0.39 is 37.3 Å². The van der Waals surface area contributed by atoms with Gasteiger partial charge in [0, 0.05) is 12.8 Å². The minimum Gasteiger partial charge on any atom is -0.466 e. The molecule has 13 heteroatoms. The van der Waals surface area contributed by atoms with Gasteiger partial charge in [-0.2, -0.15) is 4.31 Å². The number of nitrogens with zero attached hydrogens (tertiary/aromatic N) is 1. The van der Waals surface area contributed by atoms with Gasteiger partial charge < -0.3 is 9.47 Å². The molecule has 37 heavy (non-hydrogen) atoms. The highest BCUT2D eigenvalue weighted by Gasteiger charge is 2.51. The molecule has 0 aliphatic heterocycles. The molecule has 2 aromatic carbocycles. The molecular weight excluding hydrogens is 524 g/mol. The summed E-state index contributed by atoms with van der Waals surface area (Å²) in [6.45, 7) is 1.46. The van der Waals surface area contributed by atoms with Crippen molar-refractivity contribution in [1.82, 2.24) is 9.79 Å². The van der Waals surface area contributed by atoms with E-state index in [9.17, 15) is 31.6 Å². The van der Waals surface area contributed by atoms with Gasteiger partial charge in [0.05, 0.1) is 22.8 Å². The van der Waals surface area contributed by atoms with Crippen molar-refractivity contribution in [2.24, 2.45) is 0 Å². The van der Waals surface area contributed by atoms with Crippen LogP contribution in [0.5, 0.6) is 11.5 Å². The van der Waals surface area contributed by atoms with Gasteiger partial charge in [-0.3, -0.25) is 14.8 Å². The summed E-state index contributed by atoms with van der Waals surface area (Å²) < 4.78 is 62.3. The second-order valence-corrected chi connectivity index (χ2v) is 12.5. The van der Waals surface area contributed by atoms with Crippen LogP contribution < -0.4 is 10.2 Å². The summed E-state index contributed by atoms with van der Waals surface area (Å²) >= 11 is 0. The minimum atomic E-state index is -4.29. The molecule has 1 aliphatic rings. The second kappa shape index (κ2) is 11.6. The average molecular weight is 555 g/mol. The predicted molar refractivity (Wildman–Crippen MR) is 132 cm³/mol. The van der Waals surface area contributed by atoms with Gasteiger partial charge in [-0.15, -0.1) is 0 Å². The number of carbonyl (C=O) groups is 2. The normalized spacial score (nSPS) is 15.4. The number of benzene rings is 2. The standard InChI is InChI=1S/C24H30N2O9S2/c1-3-34-22(27)14-17-26(24(23(28)25-29)15-4-5-16-24)37(32,33)21-12-8-19(9-13-21)35-18-6-10-20(11-7-18)36(2,30)31/h6-13,29H,3-5,14-17H2,1-2H3,(H,25,28). The first-order chi connectivity index (χ1) is 17.4. The molecule has 202 valence electrons. The van der Waals surface area contributed by atoms with Crippen LogP contribution >= 0.6 is 0 Å². The lowest BCUT2D eigenvalue weighted by Crippen LogP contribution is -2.59. The van der Waals surface area contributed by atoms with Crippen molar-refractivity contribution in [1.29, 1.82) is 0 Å². The van der Waals surface area contributed by atoms with Gasteiger partial charge in [-0.25, -0.2) is 22.3 Å². The number of amides is 1. The Morgan fingerprint density at radius 2 is 1.46 bits per heavy atom. The van der Waals surface area contributed by atoms with Crippen LogP contribution in [0.1, 0.15) is 39.0 Å². The maximum Gasteiger partial charge on any atom is 0.307 e. The van der Waals surface area contributed by atoms with Gasteiger partial charge in [0.15, 0.2) is 9.84 Å². The zero-order valence-electron chi connectivity index (χ0n) is 20.5. The highest BCUT2D eigenvalue weighted by molar-refractivity contribution is 7.90. The Kier molecular flexibility index (Phi) is 8.95. The Labute approximate surface area is 216 Å². The van der Waals surface area contributed by atoms with Crippen LogP contribution in [0.25, 0.3) is 0 Å². The molecule has 0 spiro atoms. The van der Waals surface area contributed by atoms with E-state index in [0.29, 0.717) is 24.3 Å². The average Bonchev–Trinajstić information content (AvgIpc) is 3.34. The molecule has 1 saturated carbocycles. The van der Waals surface area contributed by atoms with E-state index in [0.717, 1.165) is 10.6 Å². The molecule has 0 radical (unpaired) electrons. The van der Waals surface area contributed by atoms with Gasteiger partial charge in [0.25, 0.3) is 5.91 Å². The molecule has 0 bridgehead atoms. The number of carbonyl (C=O) groups excluding carboxylic acids is 2. The summed E-state index contributed by atoms with van der Waals surface area (Å²) in [4.78, 5) is 24.8. The number of ether oxygens (including phenoxy) is 2. The zero-order chi connectivity index (χ0) is 27.3. The summed E-state index contributed by atoms with van der Waals surface area (Å²) in [6, 6.07) is 11.2. The Balaban J connectivity index is 1.89. The van der Waals surface area contributed by atoms with Crippen molar-refractivity contribution in [3.8, 4) is 11.5 Å². The molecule has 1 aliphatic carbocycles. The number of hydrogen-bond donors (Lipinski definition) is 2. The van der Waals surface area contributed by atoms with Crippen LogP contribution in [0, 0.1) is 0 Å². The van der Waals surface area contributed by atoms with Crippen molar-refractivity contribution < 1.29 is 41.1 Å². The number of esters is 1. The Morgan fingerprint density at radius 3 is 1.92 bits per heavy atom. The van der Waals surface area contributed by atoms with Crippen LogP contribution in [0.2, 0.25) is 0 Å². The number of sulfone groups is 1. The third-order valence-electron chi connectivity index (χ3n) is 6.16. The number of sulfonamides is 1. The summed E-state index contributed by atoms with van der Waals surface area (Å²) in [5.74, 6) is -0.808. The molecule has 2 N–H and O–H groups in total. The van der Waals surface area contributed by atoms with Gasteiger partial charge in [-0.05, 0) is 68.3 Å². The molecular formula is C24H30N2O9S2. The Morgan fingerprint density at radius 1 is 0.946 bits per heavy atom. The van der Waals surface area contributed by atoms with Crippen molar-refractivity contribution in [2.45, 2.75) is 54.4 Å². The molecule has 0 heterocycles. The summed E-state index contributed by atoms with van der Waals surface area (Å²) in [6.07, 6.45) is 2.35. The molecule has 0 aromatic heterocycles. The maximum atomic E-state index is 13.7. The van der Waals surface area contributed by atoms with E-state index in [1.165, 1.54) is 48.5 Å². The first kappa shape index (κ1) is 28.6. The number of nitrogens with one attached hydrogen (secondary N) is 1. The lowest BCUT2D eigenvalue weighted by Gasteiger charge is -2.38. The highest BCUT2D eigenvalue weighted by atomic mass is 32.2. The van der Waals surface area contributed by atoms with Crippen LogP contribution in [0.3, 0.4) is 0 Å². The topological polar surface area (TPSA) is 156 Å². The largest absolute Gasteiger partial charge is 0.466 e. The SMILES string of the molecule is CCOC(=O)CCN(C1(C(=O)NO)CCCC1)S(=O)(=O)c1ccc(Oc2ccc(S(C)(=O)=O)cc2)cc1.